The molecule has 0 bridgehead atoms. The van der Waals surface area contributed by atoms with Gasteiger partial charge in [0.1, 0.15) is 11.6 Å². The Hall–Kier alpha value is -4.70. The second kappa shape index (κ2) is 10.5. The Labute approximate surface area is 232 Å². The van der Waals surface area contributed by atoms with Gasteiger partial charge in [0.15, 0.2) is 0 Å². The molecule has 4 heterocycles. The molecule has 0 unspecified atom stereocenters. The Balaban J connectivity index is 1.24. The predicted molar refractivity (Wildman–Crippen MR) is 153 cm³/mol. The van der Waals surface area contributed by atoms with Crippen LogP contribution in [0.2, 0.25) is 0 Å². The quantitative estimate of drug-likeness (QED) is 0.284. The maximum absolute atomic E-state index is 13.3. The molecule has 1 fully saturated rings. The second-order valence-corrected chi connectivity index (χ2v) is 10.2. The molecular formula is C30H31N7O3. The topological polar surface area (TPSA) is 122 Å². The van der Waals surface area contributed by atoms with Gasteiger partial charge in [0.05, 0.1) is 24.4 Å². The number of aryl methyl sites for hydroxylation is 3. The molecule has 1 saturated heterocycles. The second-order valence-electron chi connectivity index (χ2n) is 10.2. The van der Waals surface area contributed by atoms with Gasteiger partial charge in [-0.25, -0.2) is 4.98 Å². The van der Waals surface area contributed by atoms with Crippen LogP contribution in [-0.2, 0) is 12.8 Å². The summed E-state index contributed by atoms with van der Waals surface area (Å²) in [5.74, 6) is 1.35. The molecule has 0 spiro atoms. The smallest absolute Gasteiger partial charge is 0.257 e. The number of carbonyl (C=O) groups is 2. The highest BCUT2D eigenvalue weighted by Crippen LogP contribution is 2.31. The van der Waals surface area contributed by atoms with Crippen molar-refractivity contribution in [1.29, 1.82) is 0 Å². The Bertz CT molecular complexity index is 1600. The summed E-state index contributed by atoms with van der Waals surface area (Å²) in [6.07, 6.45) is 5.13. The summed E-state index contributed by atoms with van der Waals surface area (Å²) >= 11 is 0. The average molecular weight is 538 g/mol. The van der Waals surface area contributed by atoms with Gasteiger partial charge >= 0.3 is 0 Å². The molecule has 2 aliphatic rings. The molecule has 204 valence electrons. The molecule has 0 aliphatic carbocycles. The third-order valence-corrected chi connectivity index (χ3v) is 7.48. The Kier molecular flexibility index (Phi) is 6.69. The summed E-state index contributed by atoms with van der Waals surface area (Å²) in [6.45, 7) is 5.54. The van der Waals surface area contributed by atoms with Crippen LogP contribution >= 0.6 is 0 Å². The van der Waals surface area contributed by atoms with E-state index in [1.165, 1.54) is 0 Å². The van der Waals surface area contributed by atoms with Crippen LogP contribution in [0.1, 0.15) is 43.1 Å². The molecule has 2 aromatic heterocycles. The van der Waals surface area contributed by atoms with Gasteiger partial charge < -0.3 is 30.6 Å². The molecule has 0 radical (unpaired) electrons. The number of para-hydroxylation sites is 1. The number of aromatic nitrogens is 3. The Morgan fingerprint density at radius 3 is 2.58 bits per heavy atom. The summed E-state index contributed by atoms with van der Waals surface area (Å²) in [4.78, 5) is 35.2. The van der Waals surface area contributed by atoms with E-state index in [2.05, 4.69) is 26.3 Å². The van der Waals surface area contributed by atoms with Gasteiger partial charge in [0.2, 0.25) is 5.95 Å². The summed E-state index contributed by atoms with van der Waals surface area (Å²) < 4.78 is 7.52. The first kappa shape index (κ1) is 25.6. The third-order valence-electron chi connectivity index (χ3n) is 7.48. The van der Waals surface area contributed by atoms with Gasteiger partial charge in [0, 0.05) is 48.0 Å². The SMILES string of the molecule is COc1cc(C(=O)NC2CNC2)ccc1Nc1ncc2c(n1)-n1ccc(C(=O)Nc3c(C)cccc3C)c1CC2. The average Bonchev–Trinajstić information content (AvgIpc) is 3.38. The van der Waals surface area contributed by atoms with Crippen molar-refractivity contribution in [3.05, 3.63) is 88.4 Å². The number of nitrogens with zero attached hydrogens (tertiary/aromatic N) is 3. The standard InChI is InChI=1S/C30H31N7O3/c1-17-5-4-6-18(2)26(17)35-29(39)22-11-12-37-24(22)10-8-20-14-32-30(36-27(20)37)34-23-9-7-19(13-25(23)40-3)28(38)33-21-15-31-16-21/h4-7,9,11-14,21,31H,8,10,15-16H2,1-3H3,(H,33,38)(H,35,39)(H,32,34,36). The van der Waals surface area contributed by atoms with Gasteiger partial charge in [-0.05, 0) is 62.1 Å². The fourth-order valence-corrected chi connectivity index (χ4v) is 5.13. The van der Waals surface area contributed by atoms with Gasteiger partial charge in [-0.15, -0.1) is 0 Å². The molecular weight excluding hydrogens is 506 g/mol. The number of carbonyl (C=O) groups excluding carboxylic acids is 2. The Morgan fingerprint density at radius 2 is 1.85 bits per heavy atom. The minimum absolute atomic E-state index is 0.135. The number of fused-ring (bicyclic) bond motifs is 3. The highest BCUT2D eigenvalue weighted by molar-refractivity contribution is 6.06. The number of benzene rings is 2. The summed E-state index contributed by atoms with van der Waals surface area (Å²) in [5.41, 5.74) is 6.59. The molecule has 4 aromatic rings. The number of amides is 2. The number of hydrogen-bond donors (Lipinski definition) is 4. The first-order valence-electron chi connectivity index (χ1n) is 13.3. The lowest BCUT2D eigenvalue weighted by Crippen LogP contribution is -2.56. The van der Waals surface area contributed by atoms with Crippen molar-refractivity contribution in [2.45, 2.75) is 32.7 Å². The zero-order valence-electron chi connectivity index (χ0n) is 22.7. The fourth-order valence-electron chi connectivity index (χ4n) is 5.13. The minimum atomic E-state index is -0.140. The largest absolute Gasteiger partial charge is 0.495 e. The summed E-state index contributed by atoms with van der Waals surface area (Å²) in [6, 6.07) is 13.2. The number of methoxy groups -OCH3 is 1. The van der Waals surface area contributed by atoms with E-state index in [-0.39, 0.29) is 17.9 Å². The first-order valence-corrected chi connectivity index (χ1v) is 13.3. The molecule has 0 atom stereocenters. The molecule has 40 heavy (non-hydrogen) atoms. The van der Waals surface area contributed by atoms with Crippen LogP contribution in [-0.4, -0.2) is 52.6 Å². The lowest BCUT2D eigenvalue weighted by Gasteiger charge is -2.28. The molecule has 2 amide bonds. The van der Waals surface area contributed by atoms with Crippen LogP contribution in [0.3, 0.4) is 0 Å². The lowest BCUT2D eigenvalue weighted by atomic mass is 10.0. The van der Waals surface area contributed by atoms with E-state index >= 15 is 0 Å². The minimum Gasteiger partial charge on any atom is -0.495 e. The van der Waals surface area contributed by atoms with Gasteiger partial charge in [-0.2, -0.15) is 4.98 Å². The van der Waals surface area contributed by atoms with Crippen molar-refractivity contribution in [2.75, 3.05) is 30.8 Å². The van der Waals surface area contributed by atoms with E-state index in [1.54, 1.807) is 25.3 Å². The van der Waals surface area contributed by atoms with Crippen molar-refractivity contribution in [2.24, 2.45) is 0 Å². The van der Waals surface area contributed by atoms with E-state index in [4.69, 9.17) is 9.72 Å². The number of hydrogen-bond acceptors (Lipinski definition) is 7. The predicted octanol–water partition coefficient (Wildman–Crippen LogP) is 3.69. The molecule has 6 rings (SSSR count). The normalized spacial score (nSPS) is 14.0. The van der Waals surface area contributed by atoms with Crippen LogP contribution in [0.25, 0.3) is 5.82 Å². The van der Waals surface area contributed by atoms with E-state index in [9.17, 15) is 9.59 Å². The van der Waals surface area contributed by atoms with Gasteiger partial charge in [-0.3, -0.25) is 9.59 Å². The molecule has 10 heteroatoms. The fraction of sp³-hybridized carbons (Fsp3) is 0.267. The maximum Gasteiger partial charge on any atom is 0.257 e. The molecule has 0 saturated carbocycles. The molecule has 2 aliphatic heterocycles. The third kappa shape index (κ3) is 4.77. The maximum atomic E-state index is 13.3. The van der Waals surface area contributed by atoms with E-state index in [0.717, 1.165) is 53.4 Å². The summed E-state index contributed by atoms with van der Waals surface area (Å²) in [7, 11) is 1.56. The first-order chi connectivity index (χ1) is 19.4. The van der Waals surface area contributed by atoms with Crippen molar-refractivity contribution < 1.29 is 14.3 Å². The number of anilines is 3. The number of rotatable bonds is 7. The van der Waals surface area contributed by atoms with Crippen LogP contribution in [0.4, 0.5) is 17.3 Å². The van der Waals surface area contributed by atoms with Crippen molar-refractivity contribution in [3.8, 4) is 11.6 Å². The van der Waals surface area contributed by atoms with Crippen LogP contribution < -0.4 is 26.0 Å². The lowest BCUT2D eigenvalue weighted by molar-refractivity contribution is 0.0923. The van der Waals surface area contributed by atoms with E-state index in [1.807, 2.05) is 55.1 Å². The zero-order valence-corrected chi connectivity index (χ0v) is 22.7. The molecule has 10 nitrogen and oxygen atoms in total. The van der Waals surface area contributed by atoms with Crippen molar-refractivity contribution >= 4 is 29.1 Å². The highest BCUT2D eigenvalue weighted by atomic mass is 16.5. The van der Waals surface area contributed by atoms with Crippen molar-refractivity contribution in [3.63, 3.8) is 0 Å². The van der Waals surface area contributed by atoms with E-state index in [0.29, 0.717) is 34.9 Å². The van der Waals surface area contributed by atoms with E-state index < -0.39 is 0 Å². The molecule has 2 aromatic carbocycles. The monoisotopic (exact) mass is 537 g/mol. The highest BCUT2D eigenvalue weighted by Gasteiger charge is 2.25. The molecule has 4 N–H and O–H groups in total. The van der Waals surface area contributed by atoms with Gasteiger partial charge in [0.25, 0.3) is 11.8 Å². The van der Waals surface area contributed by atoms with Crippen LogP contribution in [0.15, 0.2) is 54.9 Å². The summed E-state index contributed by atoms with van der Waals surface area (Å²) in [5, 5.41) is 12.5. The van der Waals surface area contributed by atoms with Gasteiger partial charge in [-0.1, -0.05) is 18.2 Å². The number of nitrogens with one attached hydrogen (secondary N) is 4. The van der Waals surface area contributed by atoms with Crippen molar-refractivity contribution in [1.82, 2.24) is 25.2 Å². The number of ether oxygens (including phenoxy) is 1. The van der Waals surface area contributed by atoms with Crippen LogP contribution in [0, 0.1) is 13.8 Å². The van der Waals surface area contributed by atoms with Crippen LogP contribution in [0.5, 0.6) is 5.75 Å². The Morgan fingerprint density at radius 1 is 1.05 bits per heavy atom. The zero-order chi connectivity index (χ0) is 27.8.